The maximum absolute atomic E-state index is 5.61. The minimum atomic E-state index is 0.536. The molecule has 0 aliphatic heterocycles. The van der Waals surface area contributed by atoms with Gasteiger partial charge in [0.2, 0.25) is 0 Å². The van der Waals surface area contributed by atoms with Crippen molar-refractivity contribution in [1.82, 2.24) is 0 Å². The third-order valence-corrected chi connectivity index (χ3v) is 7.81. The highest BCUT2D eigenvalue weighted by molar-refractivity contribution is 5.86. The number of fused-ring (bicyclic) bond motifs is 1. The molecule has 4 aromatic carbocycles. The van der Waals surface area contributed by atoms with E-state index in [9.17, 15) is 0 Å². The molecular weight excluding hydrogens is 494 g/mol. The van der Waals surface area contributed by atoms with Gasteiger partial charge in [0.15, 0.2) is 0 Å². The van der Waals surface area contributed by atoms with Crippen LogP contribution in [0.4, 0.5) is 0 Å². The van der Waals surface area contributed by atoms with E-state index in [0.29, 0.717) is 18.4 Å². The van der Waals surface area contributed by atoms with E-state index in [0.717, 1.165) is 6.42 Å². The minimum Gasteiger partial charge on any atom is -0.327 e. The molecule has 1 fully saturated rings. The van der Waals surface area contributed by atoms with Crippen LogP contribution in [0.15, 0.2) is 146 Å². The lowest BCUT2D eigenvalue weighted by atomic mass is 9.98. The second-order valence-corrected chi connectivity index (χ2v) is 10.7. The van der Waals surface area contributed by atoms with E-state index in [1.807, 2.05) is 12.2 Å². The van der Waals surface area contributed by atoms with Crippen LogP contribution in [0.2, 0.25) is 0 Å². The molecule has 0 radical (unpaired) electrons. The van der Waals surface area contributed by atoms with Crippen molar-refractivity contribution >= 4 is 28.0 Å². The minimum absolute atomic E-state index is 0.536. The van der Waals surface area contributed by atoms with Crippen molar-refractivity contribution in [2.24, 2.45) is 17.6 Å². The fourth-order valence-electron chi connectivity index (χ4n) is 5.37. The molecule has 0 saturated heterocycles. The van der Waals surface area contributed by atoms with Crippen LogP contribution in [-0.4, -0.2) is 6.54 Å². The van der Waals surface area contributed by atoms with Gasteiger partial charge in [-0.2, -0.15) is 0 Å². The molecular formula is C40H39N. The number of rotatable bonds is 6. The SMILES string of the molecule is C1=CC=CCC=C1.C=C(c1cccc(/C=c2\cccc\c2=C(\C)c2ccc3ccccc3c2)c1)C1CC1/C=C\CN. The molecule has 0 aromatic heterocycles. The summed E-state index contributed by atoms with van der Waals surface area (Å²) in [5.74, 6) is 1.12. The summed E-state index contributed by atoms with van der Waals surface area (Å²) in [6, 6.07) is 32.7. The zero-order chi connectivity index (χ0) is 28.4. The fraction of sp³-hybridized carbons (Fsp3) is 0.150. The highest BCUT2D eigenvalue weighted by Gasteiger charge is 2.37. The highest BCUT2D eigenvalue weighted by Crippen LogP contribution is 2.48. The second-order valence-electron chi connectivity index (χ2n) is 10.7. The summed E-state index contributed by atoms with van der Waals surface area (Å²) in [5, 5.41) is 5.03. The molecule has 41 heavy (non-hydrogen) atoms. The van der Waals surface area contributed by atoms with Crippen molar-refractivity contribution in [2.45, 2.75) is 19.8 Å². The van der Waals surface area contributed by atoms with Gasteiger partial charge < -0.3 is 5.73 Å². The van der Waals surface area contributed by atoms with Crippen molar-refractivity contribution in [3.63, 3.8) is 0 Å². The Balaban J connectivity index is 0.000000423. The molecule has 2 N–H and O–H groups in total. The molecule has 0 amide bonds. The van der Waals surface area contributed by atoms with Gasteiger partial charge in [-0.3, -0.25) is 0 Å². The van der Waals surface area contributed by atoms with Crippen molar-refractivity contribution in [2.75, 3.05) is 6.54 Å². The summed E-state index contributed by atoms with van der Waals surface area (Å²) < 4.78 is 0. The van der Waals surface area contributed by atoms with Gasteiger partial charge in [-0.25, -0.2) is 0 Å². The Morgan fingerprint density at radius 2 is 1.56 bits per heavy atom. The Labute approximate surface area is 244 Å². The normalized spacial score (nSPS) is 18.6. The quantitative estimate of drug-likeness (QED) is 0.249. The first-order chi connectivity index (χ1) is 20.1. The summed E-state index contributed by atoms with van der Waals surface area (Å²) in [7, 11) is 0. The van der Waals surface area contributed by atoms with Crippen molar-refractivity contribution in [1.29, 1.82) is 0 Å². The number of nitrogens with two attached hydrogens (primary N) is 1. The van der Waals surface area contributed by atoms with E-state index < -0.39 is 0 Å². The van der Waals surface area contributed by atoms with E-state index in [-0.39, 0.29) is 0 Å². The molecule has 0 bridgehead atoms. The van der Waals surface area contributed by atoms with Crippen LogP contribution < -0.4 is 16.2 Å². The predicted octanol–water partition coefficient (Wildman–Crippen LogP) is 8.11. The van der Waals surface area contributed by atoms with Crippen LogP contribution in [0, 0.1) is 11.8 Å². The van der Waals surface area contributed by atoms with Gasteiger partial charge in [0.1, 0.15) is 0 Å². The van der Waals surface area contributed by atoms with Crippen molar-refractivity contribution < 1.29 is 0 Å². The molecule has 4 aromatic rings. The van der Waals surface area contributed by atoms with Gasteiger partial charge >= 0.3 is 0 Å². The Bertz CT molecular complexity index is 1750. The van der Waals surface area contributed by atoms with E-state index in [1.165, 1.54) is 55.5 Å². The van der Waals surface area contributed by atoms with E-state index in [4.69, 9.17) is 5.73 Å². The molecule has 204 valence electrons. The molecule has 0 spiro atoms. The Morgan fingerprint density at radius 3 is 2.37 bits per heavy atom. The van der Waals surface area contributed by atoms with Gasteiger partial charge in [-0.15, -0.1) is 0 Å². The van der Waals surface area contributed by atoms with Gasteiger partial charge in [0.25, 0.3) is 0 Å². The monoisotopic (exact) mass is 533 g/mol. The number of benzene rings is 4. The second kappa shape index (κ2) is 13.7. The maximum atomic E-state index is 5.61. The molecule has 1 heteroatoms. The molecule has 0 heterocycles. The van der Waals surface area contributed by atoms with E-state index in [2.05, 4.69) is 147 Å². The molecule has 2 unspecified atom stereocenters. The molecule has 1 nitrogen and oxygen atoms in total. The lowest BCUT2D eigenvalue weighted by Gasteiger charge is -2.07. The Morgan fingerprint density at radius 1 is 0.805 bits per heavy atom. The summed E-state index contributed by atoms with van der Waals surface area (Å²) in [6.45, 7) is 7.25. The van der Waals surface area contributed by atoms with Gasteiger partial charge in [0.05, 0.1) is 0 Å². The zero-order valence-electron chi connectivity index (χ0n) is 23.9. The zero-order valence-corrected chi connectivity index (χ0v) is 23.9. The Kier molecular flexibility index (Phi) is 9.41. The predicted molar refractivity (Wildman–Crippen MR) is 179 cm³/mol. The maximum Gasteiger partial charge on any atom is 0.0106 e. The highest BCUT2D eigenvalue weighted by atomic mass is 14.5. The number of hydrogen-bond donors (Lipinski definition) is 1. The van der Waals surface area contributed by atoms with Gasteiger partial charge in [-0.05, 0) is 98.9 Å². The summed E-state index contributed by atoms with van der Waals surface area (Å²) in [4.78, 5) is 0. The summed E-state index contributed by atoms with van der Waals surface area (Å²) >= 11 is 0. The standard InChI is InChI=1S/C33H31N.C7H8/c1-23(28-17-16-26-10-3-4-11-29(26)21-28)32-15-6-5-12-30(32)20-25-9-7-13-27(19-25)24(2)33-22-31(33)14-8-18-34;1-2-4-6-7-5-3-1/h3-17,19-21,31,33H,2,18,22,34H2,1H3;1-6H,7H2/b14-8-,30-20+,32-23+;. The Hall–Kier alpha value is -4.46. The molecule has 2 aliphatic rings. The third-order valence-electron chi connectivity index (χ3n) is 7.81. The lowest BCUT2D eigenvalue weighted by molar-refractivity contribution is 1.01. The van der Waals surface area contributed by atoms with Crippen LogP contribution in [0.5, 0.6) is 0 Å². The first-order valence-electron chi connectivity index (χ1n) is 14.5. The first kappa shape index (κ1) is 28.1. The van der Waals surface area contributed by atoms with Crippen LogP contribution in [0.1, 0.15) is 36.5 Å². The smallest absolute Gasteiger partial charge is 0.0106 e. The molecule has 1 saturated carbocycles. The van der Waals surface area contributed by atoms with Gasteiger partial charge in [-0.1, -0.05) is 134 Å². The molecule has 2 atom stereocenters. The average Bonchev–Trinajstić information content (AvgIpc) is 3.84. The fourth-order valence-corrected chi connectivity index (χ4v) is 5.37. The van der Waals surface area contributed by atoms with E-state index in [1.54, 1.807) is 0 Å². The van der Waals surface area contributed by atoms with E-state index >= 15 is 0 Å². The average molecular weight is 534 g/mol. The first-order valence-corrected chi connectivity index (χ1v) is 14.5. The lowest BCUT2D eigenvalue weighted by Crippen LogP contribution is -2.26. The number of allylic oxidation sites excluding steroid dienone is 8. The largest absolute Gasteiger partial charge is 0.327 e. The van der Waals surface area contributed by atoms with Crippen LogP contribution in [0.25, 0.3) is 28.0 Å². The van der Waals surface area contributed by atoms with Crippen LogP contribution in [0.3, 0.4) is 0 Å². The van der Waals surface area contributed by atoms with Crippen LogP contribution >= 0.6 is 0 Å². The van der Waals surface area contributed by atoms with Crippen molar-refractivity contribution in [3.8, 4) is 0 Å². The number of hydrogen-bond acceptors (Lipinski definition) is 1. The van der Waals surface area contributed by atoms with Crippen LogP contribution in [-0.2, 0) is 0 Å². The van der Waals surface area contributed by atoms with Crippen molar-refractivity contribution in [3.05, 3.63) is 173 Å². The molecule has 6 rings (SSSR count). The summed E-state index contributed by atoms with van der Waals surface area (Å²) in [5.41, 5.74) is 11.8. The summed E-state index contributed by atoms with van der Waals surface area (Å²) in [6.07, 6.45) is 21.3. The van der Waals surface area contributed by atoms with Gasteiger partial charge in [0, 0.05) is 6.54 Å². The molecule has 2 aliphatic carbocycles. The third kappa shape index (κ3) is 7.39. The topological polar surface area (TPSA) is 26.0 Å².